The molecule has 0 saturated carbocycles. The summed E-state index contributed by atoms with van der Waals surface area (Å²) in [7, 11) is -2.19. The minimum absolute atomic E-state index is 0.0419. The quantitative estimate of drug-likeness (QED) is 0.573. The predicted molar refractivity (Wildman–Crippen MR) is 89.3 cm³/mol. The van der Waals surface area contributed by atoms with Crippen LogP contribution >= 0.6 is 11.6 Å². The molecule has 1 aromatic carbocycles. The molecule has 2 aromatic rings. The van der Waals surface area contributed by atoms with Gasteiger partial charge >= 0.3 is 0 Å². The Bertz CT molecular complexity index is 879. The minimum Gasteiger partial charge on any atom is -0.275 e. The predicted octanol–water partition coefficient (Wildman–Crippen LogP) is 2.50. The Morgan fingerprint density at radius 3 is 2.58 bits per heavy atom. The summed E-state index contributed by atoms with van der Waals surface area (Å²) in [6, 6.07) is 2.29. The van der Waals surface area contributed by atoms with E-state index < -0.39 is 14.9 Å². The maximum Gasteiger partial charge on any atom is 0.275 e. The summed E-state index contributed by atoms with van der Waals surface area (Å²) in [6.07, 6.45) is 3.28. The van der Waals surface area contributed by atoms with Gasteiger partial charge in [0, 0.05) is 43.5 Å². The molecular weight excluding hydrogens is 356 g/mol. The van der Waals surface area contributed by atoms with Crippen LogP contribution in [0.3, 0.4) is 0 Å². The van der Waals surface area contributed by atoms with Gasteiger partial charge in [-0.1, -0.05) is 18.5 Å². The highest BCUT2D eigenvalue weighted by Gasteiger charge is 2.27. The molecule has 0 amide bonds. The Balaban J connectivity index is 2.46. The van der Waals surface area contributed by atoms with Gasteiger partial charge < -0.3 is 0 Å². The third-order valence-electron chi connectivity index (χ3n) is 3.59. The highest BCUT2D eigenvalue weighted by molar-refractivity contribution is 7.89. The number of nitro groups is 1. The number of nitro benzene ring substituents is 1. The van der Waals surface area contributed by atoms with Crippen molar-refractivity contribution < 1.29 is 13.3 Å². The molecule has 2 rings (SSSR count). The number of benzene rings is 1. The van der Waals surface area contributed by atoms with Crippen LogP contribution in [0.25, 0.3) is 0 Å². The fraction of sp³-hybridized carbons (Fsp3) is 0.357. The van der Waals surface area contributed by atoms with Crippen LogP contribution in [0.5, 0.6) is 0 Å². The maximum atomic E-state index is 12.8. The van der Waals surface area contributed by atoms with E-state index in [0.717, 1.165) is 11.6 Å². The second kappa shape index (κ2) is 6.88. The molecule has 0 fully saturated rings. The SMILES string of the molecule is CCN(Cc1cnn(C)c1)S(=O)(=O)c1cc(Cl)c(C)c([N+](=O)[O-])c1. The molecule has 0 bridgehead atoms. The van der Waals surface area contributed by atoms with Gasteiger partial charge in [0.25, 0.3) is 5.69 Å². The fourth-order valence-electron chi connectivity index (χ4n) is 2.25. The zero-order valence-electron chi connectivity index (χ0n) is 13.4. The van der Waals surface area contributed by atoms with Gasteiger partial charge in [-0.2, -0.15) is 9.40 Å². The monoisotopic (exact) mass is 372 g/mol. The van der Waals surface area contributed by atoms with E-state index in [1.165, 1.54) is 17.3 Å². The van der Waals surface area contributed by atoms with Crippen LogP contribution in [0, 0.1) is 17.0 Å². The van der Waals surface area contributed by atoms with E-state index in [4.69, 9.17) is 11.6 Å². The van der Waals surface area contributed by atoms with Gasteiger partial charge in [0.1, 0.15) is 0 Å². The lowest BCUT2D eigenvalue weighted by atomic mass is 10.2. The van der Waals surface area contributed by atoms with Crippen LogP contribution in [0.1, 0.15) is 18.1 Å². The average Bonchev–Trinajstić information content (AvgIpc) is 2.92. The van der Waals surface area contributed by atoms with Crippen molar-refractivity contribution >= 4 is 27.3 Å². The highest BCUT2D eigenvalue weighted by atomic mass is 35.5. The number of rotatable bonds is 6. The number of hydrogen-bond donors (Lipinski definition) is 0. The van der Waals surface area contributed by atoms with Crippen LogP contribution < -0.4 is 0 Å². The fourth-order valence-corrected chi connectivity index (χ4v) is 4.02. The molecule has 0 aliphatic heterocycles. The van der Waals surface area contributed by atoms with E-state index in [1.54, 1.807) is 31.0 Å². The molecule has 0 saturated heterocycles. The van der Waals surface area contributed by atoms with Crippen molar-refractivity contribution in [3.8, 4) is 0 Å². The van der Waals surface area contributed by atoms with Gasteiger partial charge in [-0.05, 0) is 13.0 Å². The molecule has 1 heterocycles. The van der Waals surface area contributed by atoms with Crippen LogP contribution in [0.15, 0.2) is 29.4 Å². The van der Waals surface area contributed by atoms with Crippen molar-refractivity contribution in [2.45, 2.75) is 25.3 Å². The third kappa shape index (κ3) is 3.58. The molecule has 8 nitrogen and oxygen atoms in total. The molecule has 0 radical (unpaired) electrons. The van der Waals surface area contributed by atoms with E-state index in [2.05, 4.69) is 5.10 Å². The Morgan fingerprint density at radius 1 is 1.42 bits per heavy atom. The summed E-state index contributed by atoms with van der Waals surface area (Å²) < 4.78 is 28.5. The van der Waals surface area contributed by atoms with E-state index in [1.807, 2.05) is 0 Å². The van der Waals surface area contributed by atoms with Gasteiger partial charge in [-0.15, -0.1) is 0 Å². The molecule has 0 aliphatic rings. The Kier molecular flexibility index (Phi) is 5.26. The van der Waals surface area contributed by atoms with Crippen molar-refractivity contribution in [2.75, 3.05) is 6.54 Å². The van der Waals surface area contributed by atoms with Crippen LogP contribution in [0.4, 0.5) is 5.69 Å². The van der Waals surface area contributed by atoms with E-state index in [9.17, 15) is 18.5 Å². The average molecular weight is 373 g/mol. The molecule has 0 aliphatic carbocycles. The highest BCUT2D eigenvalue weighted by Crippen LogP contribution is 2.31. The summed E-state index contributed by atoms with van der Waals surface area (Å²) in [4.78, 5) is 10.3. The Hall–Kier alpha value is -1.97. The van der Waals surface area contributed by atoms with Crippen LogP contribution in [0.2, 0.25) is 5.02 Å². The lowest BCUT2D eigenvalue weighted by Crippen LogP contribution is -2.30. The number of halogens is 1. The summed E-state index contributed by atoms with van der Waals surface area (Å²) in [6.45, 7) is 3.49. The lowest BCUT2D eigenvalue weighted by Gasteiger charge is -2.20. The maximum absolute atomic E-state index is 12.8. The second-order valence-electron chi connectivity index (χ2n) is 5.26. The van der Waals surface area contributed by atoms with Gasteiger partial charge in [0.05, 0.1) is 21.0 Å². The smallest absolute Gasteiger partial charge is 0.275 e. The zero-order valence-corrected chi connectivity index (χ0v) is 15.0. The molecule has 24 heavy (non-hydrogen) atoms. The normalized spacial score (nSPS) is 11.9. The number of aromatic nitrogens is 2. The van der Waals surface area contributed by atoms with E-state index >= 15 is 0 Å². The summed E-state index contributed by atoms with van der Waals surface area (Å²) in [5.74, 6) is 0. The molecule has 0 spiro atoms. The zero-order chi connectivity index (χ0) is 18.1. The standard InChI is InChI=1S/C14H17ClN4O4S/c1-4-18(9-11-7-16-17(3)8-11)24(22,23)12-5-13(15)10(2)14(6-12)19(20)21/h5-8H,4,9H2,1-3H3. The molecule has 130 valence electrons. The van der Waals surface area contributed by atoms with Crippen LogP contribution in [-0.2, 0) is 23.6 Å². The minimum atomic E-state index is -3.93. The number of sulfonamides is 1. The van der Waals surface area contributed by atoms with E-state index in [-0.39, 0.29) is 34.3 Å². The van der Waals surface area contributed by atoms with Crippen molar-refractivity contribution in [1.29, 1.82) is 0 Å². The molecular formula is C14H17ClN4O4S. The first kappa shape index (κ1) is 18.4. The van der Waals surface area contributed by atoms with Gasteiger partial charge in [0.15, 0.2) is 0 Å². The van der Waals surface area contributed by atoms with Gasteiger partial charge in [-0.25, -0.2) is 8.42 Å². The first-order valence-electron chi connectivity index (χ1n) is 7.09. The van der Waals surface area contributed by atoms with E-state index in [0.29, 0.717) is 0 Å². The second-order valence-corrected chi connectivity index (χ2v) is 7.60. The van der Waals surface area contributed by atoms with Crippen molar-refractivity contribution in [3.05, 3.63) is 50.8 Å². The first-order chi connectivity index (χ1) is 11.2. The third-order valence-corrected chi connectivity index (χ3v) is 5.89. The largest absolute Gasteiger partial charge is 0.275 e. The van der Waals surface area contributed by atoms with Crippen molar-refractivity contribution in [2.24, 2.45) is 7.05 Å². The Morgan fingerprint density at radius 2 is 2.08 bits per heavy atom. The van der Waals surface area contributed by atoms with Crippen molar-refractivity contribution in [1.82, 2.24) is 14.1 Å². The topological polar surface area (TPSA) is 98.3 Å². The first-order valence-corrected chi connectivity index (χ1v) is 8.90. The molecule has 0 unspecified atom stereocenters. The molecule has 0 atom stereocenters. The van der Waals surface area contributed by atoms with Gasteiger partial charge in [-0.3, -0.25) is 14.8 Å². The summed E-state index contributed by atoms with van der Waals surface area (Å²) >= 11 is 5.98. The van der Waals surface area contributed by atoms with Gasteiger partial charge in [0.2, 0.25) is 10.0 Å². The summed E-state index contributed by atoms with van der Waals surface area (Å²) in [5.41, 5.74) is 0.630. The lowest BCUT2D eigenvalue weighted by molar-refractivity contribution is -0.385. The number of nitrogens with zero attached hydrogens (tertiary/aromatic N) is 4. The summed E-state index contributed by atoms with van der Waals surface area (Å²) in [5, 5.41) is 15.2. The Labute approximate surface area is 144 Å². The molecule has 1 aromatic heterocycles. The molecule has 0 N–H and O–H groups in total. The van der Waals surface area contributed by atoms with Crippen LogP contribution in [-0.4, -0.2) is 34.0 Å². The number of hydrogen-bond acceptors (Lipinski definition) is 5. The van der Waals surface area contributed by atoms with Crippen molar-refractivity contribution in [3.63, 3.8) is 0 Å². The number of aryl methyl sites for hydroxylation is 1. The molecule has 10 heteroatoms.